The van der Waals surface area contributed by atoms with Crippen LogP contribution in [-0.4, -0.2) is 51.0 Å². The molecule has 25 heavy (non-hydrogen) atoms. The van der Waals surface area contributed by atoms with Crippen LogP contribution in [0.2, 0.25) is 0 Å². The van der Waals surface area contributed by atoms with Gasteiger partial charge in [-0.25, -0.2) is 4.79 Å². The second-order valence-corrected chi connectivity index (χ2v) is 6.39. The fourth-order valence-electron chi connectivity index (χ4n) is 2.14. The number of hydrogen-bond acceptors (Lipinski definition) is 7. The van der Waals surface area contributed by atoms with Gasteiger partial charge in [-0.2, -0.15) is 4.68 Å². The lowest BCUT2D eigenvalue weighted by Crippen LogP contribution is -2.46. The van der Waals surface area contributed by atoms with Crippen molar-refractivity contribution in [3.05, 3.63) is 30.3 Å². The van der Waals surface area contributed by atoms with Crippen molar-refractivity contribution in [2.75, 3.05) is 12.9 Å². The average molecular weight is 363 g/mol. The normalized spacial score (nSPS) is 13.1. The molecule has 1 N–H and O–H groups in total. The van der Waals surface area contributed by atoms with E-state index in [1.165, 1.54) is 18.9 Å². The molecular formula is C16H21N5O3S. The van der Waals surface area contributed by atoms with E-state index in [0.717, 1.165) is 12.1 Å². The molecule has 1 aromatic carbocycles. The summed E-state index contributed by atoms with van der Waals surface area (Å²) in [5, 5.41) is 14.8. The highest BCUT2D eigenvalue weighted by molar-refractivity contribution is 7.99. The Balaban J connectivity index is 1.99. The van der Waals surface area contributed by atoms with Crippen LogP contribution in [-0.2, 0) is 14.3 Å². The standard InChI is InChI=1S/C16H21N5O3S/c1-4-11(2)14(15(23)24-3)17-13(22)10-25-16-18-19-20-21(16)12-8-6-5-7-9-12/h5-9,11,14H,4,10H2,1-3H3,(H,17,22)/t11-,14-/m1/s1. The third-order valence-corrected chi connectivity index (χ3v) is 4.68. The van der Waals surface area contributed by atoms with Crippen molar-refractivity contribution in [3.8, 4) is 5.69 Å². The molecule has 0 spiro atoms. The highest BCUT2D eigenvalue weighted by Gasteiger charge is 2.26. The summed E-state index contributed by atoms with van der Waals surface area (Å²) in [6.07, 6.45) is 0.749. The largest absolute Gasteiger partial charge is 0.467 e. The van der Waals surface area contributed by atoms with Crippen molar-refractivity contribution in [1.82, 2.24) is 25.5 Å². The Labute approximate surface area is 150 Å². The van der Waals surface area contributed by atoms with E-state index in [-0.39, 0.29) is 17.6 Å². The van der Waals surface area contributed by atoms with Gasteiger partial charge < -0.3 is 10.1 Å². The number of para-hydroxylation sites is 1. The molecule has 0 saturated heterocycles. The molecule has 1 amide bonds. The summed E-state index contributed by atoms with van der Waals surface area (Å²) in [5.74, 6) is -0.641. The molecule has 0 aliphatic heterocycles. The molecule has 9 heteroatoms. The van der Waals surface area contributed by atoms with Gasteiger partial charge in [-0.1, -0.05) is 50.2 Å². The zero-order valence-electron chi connectivity index (χ0n) is 14.4. The Morgan fingerprint density at radius 3 is 2.68 bits per heavy atom. The van der Waals surface area contributed by atoms with E-state index in [1.54, 1.807) is 4.68 Å². The molecule has 134 valence electrons. The second kappa shape index (κ2) is 9.16. The SMILES string of the molecule is CC[C@@H](C)[C@@H](NC(=O)CSc1nnnn1-c1ccccc1)C(=O)OC. The van der Waals surface area contributed by atoms with Crippen molar-refractivity contribution in [2.45, 2.75) is 31.5 Å². The Morgan fingerprint density at radius 1 is 1.32 bits per heavy atom. The van der Waals surface area contributed by atoms with Crippen molar-refractivity contribution >= 4 is 23.6 Å². The molecule has 0 aliphatic rings. The zero-order chi connectivity index (χ0) is 18.2. The fourth-order valence-corrected chi connectivity index (χ4v) is 2.84. The van der Waals surface area contributed by atoms with Gasteiger partial charge >= 0.3 is 5.97 Å². The zero-order valence-corrected chi connectivity index (χ0v) is 15.2. The van der Waals surface area contributed by atoms with Gasteiger partial charge in [-0.15, -0.1) is 5.10 Å². The van der Waals surface area contributed by atoms with Crippen LogP contribution in [0.5, 0.6) is 0 Å². The van der Waals surface area contributed by atoms with E-state index in [0.29, 0.717) is 5.16 Å². The van der Waals surface area contributed by atoms with Crippen LogP contribution in [0.3, 0.4) is 0 Å². The van der Waals surface area contributed by atoms with Crippen molar-refractivity contribution in [3.63, 3.8) is 0 Å². The van der Waals surface area contributed by atoms with Gasteiger partial charge in [0.05, 0.1) is 18.6 Å². The minimum atomic E-state index is -0.659. The molecule has 0 unspecified atom stereocenters. The number of carbonyl (C=O) groups excluding carboxylic acids is 2. The number of nitrogens with one attached hydrogen (secondary N) is 1. The number of nitrogens with zero attached hydrogens (tertiary/aromatic N) is 4. The molecule has 0 radical (unpaired) electrons. The van der Waals surface area contributed by atoms with E-state index in [2.05, 4.69) is 20.8 Å². The van der Waals surface area contributed by atoms with Gasteiger partial charge in [0.25, 0.3) is 0 Å². The van der Waals surface area contributed by atoms with Gasteiger partial charge in [0.15, 0.2) is 0 Å². The van der Waals surface area contributed by atoms with E-state index in [4.69, 9.17) is 4.74 Å². The average Bonchev–Trinajstić information content (AvgIpc) is 3.12. The first-order chi connectivity index (χ1) is 12.1. The van der Waals surface area contributed by atoms with Gasteiger partial charge in [0.2, 0.25) is 11.1 Å². The minimum absolute atomic E-state index is 0.0176. The van der Waals surface area contributed by atoms with E-state index in [1.807, 2.05) is 44.2 Å². The summed E-state index contributed by atoms with van der Waals surface area (Å²) in [4.78, 5) is 24.1. The van der Waals surface area contributed by atoms with Crippen LogP contribution in [0.25, 0.3) is 5.69 Å². The van der Waals surface area contributed by atoms with Gasteiger partial charge in [0.1, 0.15) is 6.04 Å². The predicted octanol–water partition coefficient (Wildman–Crippen LogP) is 1.46. The first-order valence-corrected chi connectivity index (χ1v) is 8.89. The Kier molecular flexibility index (Phi) is 6.93. The molecule has 2 atom stereocenters. The monoisotopic (exact) mass is 363 g/mol. The summed E-state index contributed by atoms with van der Waals surface area (Å²) < 4.78 is 6.33. The molecule has 0 saturated carbocycles. The molecule has 2 rings (SSSR count). The number of ether oxygens (including phenoxy) is 1. The molecule has 0 aliphatic carbocycles. The van der Waals surface area contributed by atoms with Gasteiger partial charge in [-0.3, -0.25) is 4.79 Å². The Morgan fingerprint density at radius 2 is 2.04 bits per heavy atom. The third-order valence-electron chi connectivity index (χ3n) is 3.76. The highest BCUT2D eigenvalue weighted by atomic mass is 32.2. The molecule has 2 aromatic rings. The molecule has 0 bridgehead atoms. The van der Waals surface area contributed by atoms with Crippen molar-refractivity contribution in [1.29, 1.82) is 0 Å². The Hall–Kier alpha value is -2.42. The smallest absolute Gasteiger partial charge is 0.328 e. The lowest BCUT2D eigenvalue weighted by Gasteiger charge is -2.21. The summed E-state index contributed by atoms with van der Waals surface area (Å²) in [5.41, 5.74) is 0.808. The number of thioether (sulfide) groups is 1. The van der Waals surface area contributed by atoms with Gasteiger partial charge in [-0.05, 0) is 28.5 Å². The number of methoxy groups -OCH3 is 1. The first-order valence-electron chi connectivity index (χ1n) is 7.90. The van der Waals surface area contributed by atoms with E-state index < -0.39 is 12.0 Å². The van der Waals surface area contributed by atoms with E-state index >= 15 is 0 Å². The summed E-state index contributed by atoms with van der Waals surface area (Å²) >= 11 is 1.20. The van der Waals surface area contributed by atoms with Crippen molar-refractivity contribution < 1.29 is 14.3 Å². The highest BCUT2D eigenvalue weighted by Crippen LogP contribution is 2.18. The maximum absolute atomic E-state index is 12.2. The second-order valence-electron chi connectivity index (χ2n) is 5.45. The first kappa shape index (κ1) is 18.9. The number of rotatable bonds is 8. The number of esters is 1. The van der Waals surface area contributed by atoms with Crippen LogP contribution in [0.4, 0.5) is 0 Å². The fraction of sp³-hybridized carbons (Fsp3) is 0.438. The van der Waals surface area contributed by atoms with Crippen LogP contribution >= 0.6 is 11.8 Å². The minimum Gasteiger partial charge on any atom is -0.467 e. The summed E-state index contributed by atoms with van der Waals surface area (Å²) in [6, 6.07) is 8.74. The molecule has 1 aromatic heterocycles. The summed E-state index contributed by atoms with van der Waals surface area (Å²) in [7, 11) is 1.31. The van der Waals surface area contributed by atoms with Crippen LogP contribution in [0.15, 0.2) is 35.5 Å². The maximum Gasteiger partial charge on any atom is 0.328 e. The number of carbonyl (C=O) groups is 2. The number of benzene rings is 1. The van der Waals surface area contributed by atoms with Gasteiger partial charge in [0, 0.05) is 0 Å². The topological polar surface area (TPSA) is 99.0 Å². The lowest BCUT2D eigenvalue weighted by atomic mass is 9.99. The third kappa shape index (κ3) is 5.02. The Bertz CT molecular complexity index is 707. The predicted molar refractivity (Wildman–Crippen MR) is 93.3 cm³/mol. The number of tetrazole rings is 1. The number of amides is 1. The van der Waals surface area contributed by atoms with Crippen LogP contribution in [0.1, 0.15) is 20.3 Å². The number of hydrogen-bond donors (Lipinski definition) is 1. The summed E-state index contributed by atoms with van der Waals surface area (Å²) in [6.45, 7) is 3.85. The lowest BCUT2D eigenvalue weighted by molar-refractivity contribution is -0.146. The molecule has 8 nitrogen and oxygen atoms in total. The van der Waals surface area contributed by atoms with Crippen molar-refractivity contribution in [2.24, 2.45) is 5.92 Å². The molecule has 1 heterocycles. The van der Waals surface area contributed by atoms with Crippen LogP contribution < -0.4 is 5.32 Å². The maximum atomic E-state index is 12.2. The van der Waals surface area contributed by atoms with Crippen LogP contribution in [0, 0.1) is 5.92 Å². The molecule has 0 fully saturated rings. The quantitative estimate of drug-likeness (QED) is 0.560. The number of aromatic nitrogens is 4. The van der Waals surface area contributed by atoms with E-state index in [9.17, 15) is 9.59 Å². The molecular weight excluding hydrogens is 342 g/mol.